The van der Waals surface area contributed by atoms with Gasteiger partial charge in [0, 0.05) is 56.8 Å². The molecule has 3 aromatic rings. The number of halogens is 3. The molecule has 1 amide bonds. The van der Waals surface area contributed by atoms with Gasteiger partial charge in [0.15, 0.2) is 0 Å². The van der Waals surface area contributed by atoms with Crippen molar-refractivity contribution in [3.63, 3.8) is 0 Å². The summed E-state index contributed by atoms with van der Waals surface area (Å²) in [7, 11) is 0. The Labute approximate surface area is 213 Å². The molecule has 0 unspecified atom stereocenters. The summed E-state index contributed by atoms with van der Waals surface area (Å²) in [6.07, 6.45) is 3.18. The van der Waals surface area contributed by atoms with Crippen molar-refractivity contribution in [2.75, 3.05) is 26.2 Å². The molecular weight excluding hydrogens is 495 g/mol. The van der Waals surface area contributed by atoms with E-state index in [-0.39, 0.29) is 17.6 Å². The first-order chi connectivity index (χ1) is 16.4. The normalized spacial score (nSPS) is 17.9. The van der Waals surface area contributed by atoms with Crippen molar-refractivity contribution in [3.05, 3.63) is 67.5 Å². The molecule has 2 aliphatic rings. The molecule has 0 spiro atoms. The minimum Gasteiger partial charge on any atom is -0.341 e. The Bertz CT molecular complexity index is 1280. The fourth-order valence-corrected chi connectivity index (χ4v) is 5.72. The molecule has 1 aromatic heterocycles. The van der Waals surface area contributed by atoms with Gasteiger partial charge in [-0.2, -0.15) is 0 Å². The van der Waals surface area contributed by atoms with Crippen molar-refractivity contribution >= 4 is 51.7 Å². The van der Waals surface area contributed by atoms with E-state index in [1.54, 1.807) is 16.7 Å². The van der Waals surface area contributed by atoms with Gasteiger partial charge in [-0.05, 0) is 43.0 Å². The van der Waals surface area contributed by atoms with Crippen molar-refractivity contribution in [1.82, 2.24) is 18.9 Å². The van der Waals surface area contributed by atoms with E-state index in [0.717, 1.165) is 67.1 Å². The first-order valence-electron chi connectivity index (χ1n) is 11.8. The third kappa shape index (κ3) is 4.61. The monoisotopic (exact) mass is 520 g/mol. The van der Waals surface area contributed by atoms with Crippen LogP contribution in [0.2, 0.25) is 15.1 Å². The molecule has 0 radical (unpaired) electrons. The molecule has 34 heavy (non-hydrogen) atoms. The van der Waals surface area contributed by atoms with Crippen molar-refractivity contribution < 1.29 is 4.79 Å². The lowest BCUT2D eigenvalue weighted by Crippen LogP contribution is -2.38. The molecule has 2 fully saturated rings. The van der Waals surface area contributed by atoms with Crippen LogP contribution in [0.1, 0.15) is 37.3 Å². The number of benzene rings is 2. The maximum absolute atomic E-state index is 13.6. The van der Waals surface area contributed by atoms with E-state index < -0.39 is 0 Å². The second-order valence-corrected chi connectivity index (χ2v) is 10.4. The lowest BCUT2D eigenvalue weighted by molar-refractivity contribution is -0.127. The summed E-state index contributed by atoms with van der Waals surface area (Å²) in [4.78, 5) is 29.9. The van der Waals surface area contributed by atoms with Gasteiger partial charge in [-0.3, -0.25) is 18.8 Å². The maximum Gasteiger partial charge on any atom is 0.329 e. The molecule has 5 rings (SSSR count). The van der Waals surface area contributed by atoms with Crippen molar-refractivity contribution in [1.29, 1.82) is 0 Å². The average Bonchev–Trinajstić information content (AvgIpc) is 3.35. The van der Waals surface area contributed by atoms with Gasteiger partial charge in [0.1, 0.15) is 0 Å². The summed E-state index contributed by atoms with van der Waals surface area (Å²) >= 11 is 19.0. The average molecular weight is 522 g/mol. The highest BCUT2D eigenvalue weighted by atomic mass is 35.5. The number of carbonyl (C=O) groups excluding carboxylic acids is 1. The number of likely N-dealkylation sites (tertiary alicyclic amines) is 2. The number of imidazole rings is 1. The van der Waals surface area contributed by atoms with Crippen LogP contribution in [0.4, 0.5) is 0 Å². The zero-order valence-corrected chi connectivity index (χ0v) is 21.1. The molecule has 2 aromatic carbocycles. The maximum atomic E-state index is 13.6. The molecule has 0 bridgehead atoms. The Balaban J connectivity index is 1.39. The van der Waals surface area contributed by atoms with Gasteiger partial charge >= 0.3 is 5.69 Å². The number of hydrogen-bond acceptors (Lipinski definition) is 3. The summed E-state index contributed by atoms with van der Waals surface area (Å²) in [6, 6.07) is 11.6. The highest BCUT2D eigenvalue weighted by Crippen LogP contribution is 2.32. The van der Waals surface area contributed by atoms with E-state index >= 15 is 0 Å². The SMILES string of the molecule is O=C1CCCN1CCn1c(=O)n(C2CCN(Cc3ccccc3Cl)CC2)c2cc(Cl)c(Cl)cc21. The van der Waals surface area contributed by atoms with Gasteiger partial charge in [-0.1, -0.05) is 53.0 Å². The summed E-state index contributed by atoms with van der Waals surface area (Å²) in [5, 5.41) is 1.64. The molecule has 3 heterocycles. The molecule has 2 saturated heterocycles. The van der Waals surface area contributed by atoms with E-state index in [1.165, 1.54) is 0 Å². The van der Waals surface area contributed by atoms with Crippen LogP contribution >= 0.6 is 34.8 Å². The molecule has 2 aliphatic heterocycles. The largest absolute Gasteiger partial charge is 0.341 e. The zero-order chi connectivity index (χ0) is 23.8. The molecule has 0 atom stereocenters. The van der Waals surface area contributed by atoms with E-state index in [0.29, 0.717) is 29.6 Å². The van der Waals surface area contributed by atoms with Crippen LogP contribution in [0.5, 0.6) is 0 Å². The van der Waals surface area contributed by atoms with Crippen LogP contribution in [-0.4, -0.2) is 51.0 Å². The smallest absolute Gasteiger partial charge is 0.329 e. The number of nitrogens with zero attached hydrogens (tertiary/aromatic N) is 4. The predicted octanol–water partition coefficient (Wildman–Crippen LogP) is 5.22. The van der Waals surface area contributed by atoms with Crippen molar-refractivity contribution in [2.24, 2.45) is 0 Å². The van der Waals surface area contributed by atoms with Gasteiger partial charge in [-0.25, -0.2) is 4.79 Å². The fraction of sp³-hybridized carbons (Fsp3) is 0.440. The molecule has 6 nitrogen and oxygen atoms in total. The minimum atomic E-state index is -0.0652. The van der Waals surface area contributed by atoms with Crippen molar-refractivity contribution in [3.8, 4) is 0 Å². The quantitative estimate of drug-likeness (QED) is 0.447. The number of hydrogen-bond donors (Lipinski definition) is 0. The number of rotatable bonds is 6. The first-order valence-corrected chi connectivity index (χ1v) is 12.9. The molecule has 9 heteroatoms. The zero-order valence-electron chi connectivity index (χ0n) is 18.9. The lowest BCUT2D eigenvalue weighted by Gasteiger charge is -2.32. The predicted molar refractivity (Wildman–Crippen MR) is 137 cm³/mol. The van der Waals surface area contributed by atoms with Crippen LogP contribution in [0.3, 0.4) is 0 Å². The Hall–Kier alpha value is -1.99. The topological polar surface area (TPSA) is 50.5 Å². The van der Waals surface area contributed by atoms with Crippen molar-refractivity contribution in [2.45, 2.75) is 44.8 Å². The van der Waals surface area contributed by atoms with Gasteiger partial charge in [0.25, 0.3) is 0 Å². The number of aromatic nitrogens is 2. The Morgan fingerprint density at radius 1 is 0.853 bits per heavy atom. The number of fused-ring (bicyclic) bond motifs is 1. The Morgan fingerprint density at radius 2 is 1.56 bits per heavy atom. The minimum absolute atomic E-state index is 0.0652. The summed E-state index contributed by atoms with van der Waals surface area (Å²) in [5.41, 5.74) is 2.63. The lowest BCUT2D eigenvalue weighted by atomic mass is 10.0. The Kier molecular flexibility index (Phi) is 6.94. The summed E-state index contributed by atoms with van der Waals surface area (Å²) < 4.78 is 3.63. The van der Waals surface area contributed by atoms with Gasteiger partial charge in [-0.15, -0.1) is 0 Å². The van der Waals surface area contributed by atoms with Crippen LogP contribution in [0.15, 0.2) is 41.2 Å². The molecule has 0 N–H and O–H groups in total. The van der Waals surface area contributed by atoms with Gasteiger partial charge < -0.3 is 4.90 Å². The number of piperidine rings is 1. The van der Waals surface area contributed by atoms with Crippen LogP contribution in [0, 0.1) is 0 Å². The summed E-state index contributed by atoms with van der Waals surface area (Å²) in [6.45, 7) is 4.26. The second-order valence-electron chi connectivity index (χ2n) is 9.14. The third-order valence-electron chi connectivity index (χ3n) is 7.04. The highest BCUT2D eigenvalue weighted by Gasteiger charge is 2.27. The first kappa shape index (κ1) is 23.7. The van der Waals surface area contributed by atoms with E-state index in [2.05, 4.69) is 11.0 Å². The molecule has 0 saturated carbocycles. The second kappa shape index (κ2) is 9.94. The van der Waals surface area contributed by atoms with Crippen LogP contribution in [-0.2, 0) is 17.9 Å². The highest BCUT2D eigenvalue weighted by molar-refractivity contribution is 6.42. The molecule has 180 valence electrons. The van der Waals surface area contributed by atoms with E-state index in [1.807, 2.05) is 27.7 Å². The third-order valence-corrected chi connectivity index (χ3v) is 8.13. The fourth-order valence-electron chi connectivity index (χ4n) is 5.20. The Morgan fingerprint density at radius 3 is 2.24 bits per heavy atom. The number of carbonyl (C=O) groups is 1. The van der Waals surface area contributed by atoms with Crippen LogP contribution < -0.4 is 5.69 Å². The molecular formula is C25H27Cl3N4O2. The van der Waals surface area contributed by atoms with E-state index in [9.17, 15) is 9.59 Å². The van der Waals surface area contributed by atoms with Crippen LogP contribution in [0.25, 0.3) is 11.0 Å². The number of amides is 1. The molecule has 0 aliphatic carbocycles. The van der Waals surface area contributed by atoms with E-state index in [4.69, 9.17) is 34.8 Å². The van der Waals surface area contributed by atoms with Gasteiger partial charge in [0.2, 0.25) is 5.91 Å². The summed E-state index contributed by atoms with van der Waals surface area (Å²) in [5.74, 6) is 0.156. The standard InChI is InChI=1S/C25H27Cl3N4O2/c26-19-5-2-1-4-17(19)16-29-10-7-18(8-11-29)32-23-15-21(28)20(27)14-22(23)31(25(32)34)13-12-30-9-3-6-24(30)33/h1-2,4-5,14-15,18H,3,6-13,16H2. The van der Waals surface area contributed by atoms with Gasteiger partial charge in [0.05, 0.1) is 21.1 Å².